The largest absolute Gasteiger partial charge is 0.573 e. The van der Waals surface area contributed by atoms with Gasteiger partial charge in [0.2, 0.25) is 0 Å². The molecule has 11 nitrogen and oxygen atoms in total. The zero-order valence-corrected chi connectivity index (χ0v) is 30.0. The summed E-state index contributed by atoms with van der Waals surface area (Å²) in [5.74, 6) is -0.634. The van der Waals surface area contributed by atoms with E-state index in [1.807, 2.05) is 15.2 Å². The third kappa shape index (κ3) is 7.47. The van der Waals surface area contributed by atoms with E-state index in [0.717, 1.165) is 45.8 Å². The molecule has 55 heavy (non-hydrogen) atoms. The molecular formula is C40H31F3N6O5S. The second-order valence-electron chi connectivity index (χ2n) is 13.1. The third-order valence-electron chi connectivity index (χ3n) is 9.39. The normalized spacial score (nSPS) is 14.2. The minimum absolute atomic E-state index is 0.124. The van der Waals surface area contributed by atoms with E-state index in [-0.39, 0.29) is 22.5 Å². The Bertz CT molecular complexity index is 2700. The van der Waals surface area contributed by atoms with Gasteiger partial charge >= 0.3 is 6.36 Å². The number of nitriles is 2. The Hall–Kier alpha value is -6.58. The molecule has 2 aliphatic rings. The van der Waals surface area contributed by atoms with Crippen LogP contribution in [0.5, 0.6) is 5.75 Å². The maximum atomic E-state index is 12.4. The van der Waals surface area contributed by atoms with Crippen LogP contribution in [0, 0.1) is 22.7 Å². The Balaban J connectivity index is 0.000000169. The average Bonchev–Trinajstić information content (AvgIpc) is 3.59. The van der Waals surface area contributed by atoms with E-state index in [1.165, 1.54) is 30.5 Å². The number of aryl methyl sites for hydroxylation is 2. The van der Waals surface area contributed by atoms with Gasteiger partial charge in [-0.3, -0.25) is 9.59 Å². The van der Waals surface area contributed by atoms with Gasteiger partial charge in [0.25, 0.3) is 11.8 Å². The number of nitrogens with zero attached hydrogens (tertiary/aromatic N) is 4. The molecule has 4 aromatic carbocycles. The Kier molecular flexibility index (Phi) is 9.58. The predicted molar refractivity (Wildman–Crippen MR) is 198 cm³/mol. The van der Waals surface area contributed by atoms with Crippen LogP contribution in [0.2, 0.25) is 0 Å². The van der Waals surface area contributed by atoms with Crippen molar-refractivity contribution in [1.82, 2.24) is 19.8 Å². The number of alkyl halides is 3. The predicted octanol–water partition coefficient (Wildman–Crippen LogP) is 6.93. The van der Waals surface area contributed by atoms with Gasteiger partial charge in [-0.1, -0.05) is 24.3 Å². The standard InChI is InChI=1S/C20H14F3N3O2.C20H17N3O3S/c21-20(22,23)28-15-4-2-13(3-5-15)16-9-12(11-24)8-14-10-17-19(27)25-6-1-7-26(17)18(14)16;1-27(25,26)16-5-3-14(4-6-16)17-10-13(12-21)9-15-11-18-20(24)22-7-2-8-23(18)19(15)17/h2-5,8-10H,1,6-7H2,(H,25,27);3-6,9-11H,2,7-8H2,1H3,(H,22,24). The summed E-state index contributed by atoms with van der Waals surface area (Å²) in [6.45, 7) is 2.50. The minimum atomic E-state index is -4.76. The van der Waals surface area contributed by atoms with Crippen molar-refractivity contribution in [1.29, 1.82) is 10.5 Å². The number of aromatic nitrogens is 2. The monoisotopic (exact) mass is 764 g/mol. The van der Waals surface area contributed by atoms with Crippen molar-refractivity contribution in [2.75, 3.05) is 19.3 Å². The number of carbonyl (C=O) groups is 2. The topological polar surface area (TPSA) is 159 Å². The molecule has 6 aromatic rings. The fourth-order valence-electron chi connectivity index (χ4n) is 7.01. The molecule has 15 heteroatoms. The molecule has 4 heterocycles. The highest BCUT2D eigenvalue weighted by Crippen LogP contribution is 2.36. The number of hydrogen-bond donors (Lipinski definition) is 2. The highest BCUT2D eigenvalue weighted by Gasteiger charge is 2.31. The van der Waals surface area contributed by atoms with Crippen molar-refractivity contribution >= 4 is 43.5 Å². The molecule has 278 valence electrons. The van der Waals surface area contributed by atoms with Gasteiger partial charge < -0.3 is 24.5 Å². The molecule has 2 amide bonds. The van der Waals surface area contributed by atoms with Crippen molar-refractivity contribution in [3.8, 4) is 40.1 Å². The highest BCUT2D eigenvalue weighted by molar-refractivity contribution is 7.90. The number of carbonyl (C=O) groups excluding carboxylic acids is 2. The van der Waals surface area contributed by atoms with Gasteiger partial charge in [-0.2, -0.15) is 10.5 Å². The summed E-state index contributed by atoms with van der Waals surface area (Å²) >= 11 is 0. The molecule has 2 aromatic heterocycles. The summed E-state index contributed by atoms with van der Waals surface area (Å²) in [6, 6.07) is 26.8. The van der Waals surface area contributed by atoms with E-state index >= 15 is 0 Å². The Morgan fingerprint density at radius 1 is 0.691 bits per heavy atom. The number of sulfone groups is 1. The number of rotatable bonds is 4. The second kappa shape index (κ2) is 14.3. The summed E-state index contributed by atoms with van der Waals surface area (Å²) in [5, 5.41) is 26.0. The Morgan fingerprint density at radius 3 is 1.53 bits per heavy atom. The lowest BCUT2D eigenvalue weighted by molar-refractivity contribution is -0.274. The van der Waals surface area contributed by atoms with Gasteiger partial charge in [-0.25, -0.2) is 8.42 Å². The zero-order valence-electron chi connectivity index (χ0n) is 29.2. The van der Waals surface area contributed by atoms with Crippen LogP contribution in [0.1, 0.15) is 44.9 Å². The van der Waals surface area contributed by atoms with Gasteiger partial charge in [-0.15, -0.1) is 13.2 Å². The molecule has 0 radical (unpaired) electrons. The third-order valence-corrected chi connectivity index (χ3v) is 10.5. The van der Waals surface area contributed by atoms with Crippen LogP contribution in [0.15, 0.2) is 89.8 Å². The van der Waals surface area contributed by atoms with Crippen molar-refractivity contribution in [3.63, 3.8) is 0 Å². The van der Waals surface area contributed by atoms with E-state index in [0.29, 0.717) is 59.8 Å². The van der Waals surface area contributed by atoms with Crippen LogP contribution >= 0.6 is 0 Å². The minimum Gasteiger partial charge on any atom is -0.406 e. The number of halogens is 3. The first-order chi connectivity index (χ1) is 26.2. The van der Waals surface area contributed by atoms with E-state index in [9.17, 15) is 41.7 Å². The first-order valence-corrected chi connectivity index (χ1v) is 19.0. The van der Waals surface area contributed by atoms with Crippen molar-refractivity contribution < 1.29 is 35.9 Å². The van der Waals surface area contributed by atoms with Crippen LogP contribution in [-0.4, -0.2) is 55.1 Å². The van der Waals surface area contributed by atoms with Crippen LogP contribution in [0.4, 0.5) is 13.2 Å². The van der Waals surface area contributed by atoms with Crippen LogP contribution in [0.3, 0.4) is 0 Å². The second-order valence-corrected chi connectivity index (χ2v) is 15.1. The van der Waals surface area contributed by atoms with Crippen molar-refractivity contribution in [2.24, 2.45) is 0 Å². The molecule has 0 saturated carbocycles. The van der Waals surface area contributed by atoms with E-state index in [1.54, 1.807) is 54.6 Å². The van der Waals surface area contributed by atoms with Gasteiger partial charge in [0.15, 0.2) is 9.84 Å². The molecule has 0 atom stereocenters. The molecule has 0 aliphatic carbocycles. The summed E-state index contributed by atoms with van der Waals surface area (Å²) in [4.78, 5) is 24.9. The molecule has 2 N–H and O–H groups in total. The first-order valence-electron chi connectivity index (χ1n) is 17.1. The van der Waals surface area contributed by atoms with Crippen molar-refractivity contribution in [2.45, 2.75) is 37.2 Å². The molecular weight excluding hydrogens is 734 g/mol. The summed E-state index contributed by atoms with van der Waals surface area (Å²) in [5.41, 5.74) is 6.54. The van der Waals surface area contributed by atoms with Crippen LogP contribution in [-0.2, 0) is 22.9 Å². The van der Waals surface area contributed by atoms with E-state index in [2.05, 4.69) is 27.5 Å². The zero-order chi connectivity index (χ0) is 39.1. The van der Waals surface area contributed by atoms with Crippen LogP contribution in [0.25, 0.3) is 44.1 Å². The lowest BCUT2D eigenvalue weighted by Crippen LogP contribution is -2.22. The molecule has 0 saturated heterocycles. The Morgan fingerprint density at radius 2 is 1.13 bits per heavy atom. The summed E-state index contributed by atoms with van der Waals surface area (Å²) < 4.78 is 68.4. The number of hydrogen-bond acceptors (Lipinski definition) is 7. The molecule has 0 unspecified atom stereocenters. The molecule has 0 bridgehead atoms. The maximum Gasteiger partial charge on any atom is 0.573 e. The summed E-state index contributed by atoms with van der Waals surface area (Å²) in [6.07, 6.45) is -2.03. The van der Waals surface area contributed by atoms with Crippen LogP contribution < -0.4 is 15.4 Å². The average molecular weight is 765 g/mol. The number of fused-ring (bicyclic) bond motifs is 6. The quantitative estimate of drug-likeness (QED) is 0.197. The molecule has 0 fully saturated rings. The molecule has 0 spiro atoms. The smallest absolute Gasteiger partial charge is 0.406 e. The first kappa shape index (κ1) is 36.8. The fraction of sp³-hybridized carbons (Fsp3) is 0.200. The molecule has 2 aliphatic heterocycles. The number of ether oxygens (including phenoxy) is 1. The van der Waals surface area contributed by atoms with Gasteiger partial charge in [-0.05, 0) is 84.6 Å². The fourth-order valence-corrected chi connectivity index (χ4v) is 7.65. The molecule has 8 rings (SSSR count). The SMILES string of the molecule is CS(=O)(=O)c1ccc(-c2cc(C#N)cc3cc4n(c23)CCCNC4=O)cc1.N#Cc1cc(-c2ccc(OC(F)(F)F)cc2)c2c(c1)cc1n2CCCNC1=O. The van der Waals surface area contributed by atoms with Gasteiger partial charge in [0.1, 0.15) is 17.1 Å². The van der Waals surface area contributed by atoms with E-state index < -0.39 is 16.2 Å². The number of benzene rings is 4. The van der Waals surface area contributed by atoms with Gasteiger partial charge in [0.05, 0.1) is 39.2 Å². The lowest BCUT2D eigenvalue weighted by atomic mass is 10.00. The number of nitrogens with one attached hydrogen (secondary N) is 2. The van der Waals surface area contributed by atoms with Crippen molar-refractivity contribution in [3.05, 3.63) is 107 Å². The maximum absolute atomic E-state index is 12.4. The lowest BCUT2D eigenvalue weighted by Gasteiger charge is -2.12. The van der Waals surface area contributed by atoms with E-state index in [4.69, 9.17) is 0 Å². The van der Waals surface area contributed by atoms with Gasteiger partial charge in [0, 0.05) is 54.3 Å². The number of amides is 2. The Labute approximate surface area is 313 Å². The summed E-state index contributed by atoms with van der Waals surface area (Å²) in [7, 11) is -3.28. The highest BCUT2D eigenvalue weighted by atomic mass is 32.2.